The average molecular weight is 306 g/mol. The lowest BCUT2D eigenvalue weighted by atomic mass is 10.2. The molecule has 6 nitrogen and oxygen atoms in total. The van der Waals surface area contributed by atoms with E-state index in [0.29, 0.717) is 5.69 Å². The zero-order valence-corrected chi connectivity index (χ0v) is 13.0. The van der Waals surface area contributed by atoms with Crippen LogP contribution in [-0.2, 0) is 4.79 Å². The van der Waals surface area contributed by atoms with Gasteiger partial charge in [0.2, 0.25) is 5.91 Å². The minimum atomic E-state index is -0.249. The highest BCUT2D eigenvalue weighted by atomic mass is 32.1. The molecule has 1 aromatic carbocycles. The Hall–Kier alpha value is -2.15. The molecule has 2 N–H and O–H groups in total. The van der Waals surface area contributed by atoms with Crippen molar-refractivity contribution in [2.45, 2.75) is 19.4 Å². The van der Waals surface area contributed by atoms with Gasteiger partial charge in [-0.05, 0) is 25.1 Å². The Morgan fingerprint density at radius 2 is 2.19 bits per heavy atom. The molecular weight excluding hydrogens is 288 g/mol. The minimum Gasteiger partial charge on any atom is -0.359 e. The van der Waals surface area contributed by atoms with Crippen molar-refractivity contribution in [1.29, 1.82) is 0 Å². The van der Waals surface area contributed by atoms with Crippen LogP contribution in [0, 0.1) is 0 Å². The van der Waals surface area contributed by atoms with Crippen LogP contribution in [0.5, 0.6) is 0 Å². The van der Waals surface area contributed by atoms with Gasteiger partial charge in [-0.25, -0.2) is 9.78 Å². The van der Waals surface area contributed by atoms with Gasteiger partial charge in [-0.3, -0.25) is 4.79 Å². The van der Waals surface area contributed by atoms with E-state index >= 15 is 0 Å². The number of benzene rings is 1. The number of hydrogen-bond acceptors (Lipinski definition) is 4. The van der Waals surface area contributed by atoms with Crippen molar-refractivity contribution in [3.05, 3.63) is 23.7 Å². The predicted octanol–water partition coefficient (Wildman–Crippen LogP) is 2.28. The summed E-state index contributed by atoms with van der Waals surface area (Å²) < 4.78 is 1.08. The fraction of sp³-hybridized carbons (Fsp3) is 0.357. The molecule has 3 amide bonds. The van der Waals surface area contributed by atoms with Crippen LogP contribution in [-0.4, -0.2) is 42.0 Å². The van der Waals surface area contributed by atoms with E-state index in [1.807, 2.05) is 25.1 Å². The number of rotatable bonds is 4. The second kappa shape index (κ2) is 6.53. The van der Waals surface area contributed by atoms with Crippen LogP contribution < -0.4 is 10.6 Å². The molecule has 1 aromatic heterocycles. The lowest BCUT2D eigenvalue weighted by Crippen LogP contribution is -2.40. The molecule has 0 aliphatic rings. The second-order valence-electron chi connectivity index (χ2n) is 4.80. The third-order valence-electron chi connectivity index (χ3n) is 3.32. The number of thiazole rings is 1. The Morgan fingerprint density at radius 3 is 2.90 bits per heavy atom. The monoisotopic (exact) mass is 306 g/mol. The molecular formula is C14H18N4O2S. The molecule has 0 spiro atoms. The van der Waals surface area contributed by atoms with E-state index in [0.717, 1.165) is 10.2 Å². The molecule has 0 bridgehead atoms. The minimum absolute atomic E-state index is 0.0916. The van der Waals surface area contributed by atoms with Gasteiger partial charge in [-0.1, -0.05) is 0 Å². The number of aromatic nitrogens is 1. The summed E-state index contributed by atoms with van der Waals surface area (Å²) in [5, 5.41) is 5.37. The van der Waals surface area contributed by atoms with Crippen molar-refractivity contribution >= 4 is 39.2 Å². The molecule has 0 aliphatic heterocycles. The smallest absolute Gasteiger partial charge is 0.321 e. The molecule has 2 rings (SSSR count). The highest BCUT2D eigenvalue weighted by molar-refractivity contribution is 7.16. The van der Waals surface area contributed by atoms with Crippen LogP contribution in [0.1, 0.15) is 13.3 Å². The van der Waals surface area contributed by atoms with Gasteiger partial charge < -0.3 is 15.5 Å². The highest BCUT2D eigenvalue weighted by Gasteiger charge is 2.18. The molecule has 0 radical (unpaired) electrons. The zero-order chi connectivity index (χ0) is 15.4. The van der Waals surface area contributed by atoms with Gasteiger partial charge in [0.1, 0.15) is 0 Å². The molecule has 2 aromatic rings. The van der Waals surface area contributed by atoms with Crippen molar-refractivity contribution in [2.24, 2.45) is 0 Å². The number of hydrogen-bond donors (Lipinski definition) is 2. The molecule has 112 valence electrons. The molecule has 0 unspecified atom stereocenters. The standard InChI is InChI=1S/C14H18N4O2S/c1-9(6-13(19)15-2)18(3)14(20)17-10-4-5-12-11(7-10)16-8-21-12/h4-5,7-9H,6H2,1-3H3,(H,15,19)(H,17,20)/t9-/m0/s1. The van der Waals surface area contributed by atoms with Gasteiger partial charge in [0.25, 0.3) is 0 Å². The highest BCUT2D eigenvalue weighted by Crippen LogP contribution is 2.21. The average Bonchev–Trinajstić information content (AvgIpc) is 2.93. The van der Waals surface area contributed by atoms with E-state index in [4.69, 9.17) is 0 Å². The van der Waals surface area contributed by atoms with Gasteiger partial charge in [0.05, 0.1) is 15.7 Å². The van der Waals surface area contributed by atoms with Gasteiger partial charge in [0, 0.05) is 32.2 Å². The molecule has 1 atom stereocenters. The molecule has 0 fully saturated rings. The van der Waals surface area contributed by atoms with E-state index in [2.05, 4.69) is 15.6 Å². The van der Waals surface area contributed by atoms with Crippen LogP contribution in [0.25, 0.3) is 10.2 Å². The van der Waals surface area contributed by atoms with E-state index < -0.39 is 0 Å². The van der Waals surface area contributed by atoms with Gasteiger partial charge in [0.15, 0.2) is 0 Å². The van der Waals surface area contributed by atoms with Crippen molar-refractivity contribution in [3.63, 3.8) is 0 Å². The summed E-state index contributed by atoms with van der Waals surface area (Å²) in [6, 6.07) is 5.17. The second-order valence-corrected chi connectivity index (χ2v) is 5.69. The van der Waals surface area contributed by atoms with Crippen LogP contribution in [0.4, 0.5) is 10.5 Å². The summed E-state index contributed by atoms with van der Waals surface area (Å²) in [4.78, 5) is 29.2. The summed E-state index contributed by atoms with van der Waals surface area (Å²) >= 11 is 1.56. The number of amides is 3. The quantitative estimate of drug-likeness (QED) is 0.910. The number of anilines is 1. The maximum atomic E-state index is 12.2. The van der Waals surface area contributed by atoms with Crippen molar-refractivity contribution in [2.75, 3.05) is 19.4 Å². The first kappa shape index (κ1) is 15.2. The summed E-state index contributed by atoms with van der Waals surface area (Å²) in [6.45, 7) is 1.83. The summed E-state index contributed by atoms with van der Waals surface area (Å²) in [5.41, 5.74) is 3.32. The summed E-state index contributed by atoms with van der Waals surface area (Å²) in [7, 11) is 3.25. The first-order valence-electron chi connectivity index (χ1n) is 6.59. The molecule has 7 heteroatoms. The predicted molar refractivity (Wildman–Crippen MR) is 84.5 cm³/mol. The summed E-state index contributed by atoms with van der Waals surface area (Å²) in [6.07, 6.45) is 0.269. The fourth-order valence-electron chi connectivity index (χ4n) is 1.85. The lowest BCUT2D eigenvalue weighted by Gasteiger charge is -2.24. The fourth-order valence-corrected chi connectivity index (χ4v) is 2.51. The number of fused-ring (bicyclic) bond motifs is 1. The Morgan fingerprint density at radius 1 is 1.43 bits per heavy atom. The Kier molecular flexibility index (Phi) is 4.74. The summed E-state index contributed by atoms with van der Waals surface area (Å²) in [5.74, 6) is -0.0916. The van der Waals surface area contributed by atoms with E-state index in [1.54, 1.807) is 30.9 Å². The Balaban J connectivity index is 2.00. The van der Waals surface area contributed by atoms with E-state index in [1.165, 1.54) is 4.90 Å². The molecule has 0 saturated heterocycles. The Labute approximate surface area is 127 Å². The van der Waals surface area contributed by atoms with Crippen LogP contribution in [0.15, 0.2) is 23.7 Å². The number of carbonyl (C=O) groups excluding carboxylic acids is 2. The van der Waals surface area contributed by atoms with Crippen molar-refractivity contribution in [3.8, 4) is 0 Å². The number of nitrogens with one attached hydrogen (secondary N) is 2. The first-order valence-corrected chi connectivity index (χ1v) is 7.47. The van der Waals surface area contributed by atoms with Gasteiger partial charge >= 0.3 is 6.03 Å². The SMILES string of the molecule is CNC(=O)C[C@H](C)N(C)C(=O)Nc1ccc2scnc2c1. The van der Waals surface area contributed by atoms with E-state index in [9.17, 15) is 9.59 Å². The van der Waals surface area contributed by atoms with Crippen molar-refractivity contribution < 1.29 is 9.59 Å². The van der Waals surface area contributed by atoms with Crippen LogP contribution >= 0.6 is 11.3 Å². The number of urea groups is 1. The molecule has 0 aliphatic carbocycles. The largest absolute Gasteiger partial charge is 0.359 e. The molecule has 0 saturated carbocycles. The molecule has 1 heterocycles. The van der Waals surface area contributed by atoms with Crippen molar-refractivity contribution in [1.82, 2.24) is 15.2 Å². The van der Waals surface area contributed by atoms with E-state index in [-0.39, 0.29) is 24.4 Å². The molecule has 21 heavy (non-hydrogen) atoms. The lowest BCUT2D eigenvalue weighted by molar-refractivity contribution is -0.121. The first-order chi connectivity index (χ1) is 10.0. The topological polar surface area (TPSA) is 74.3 Å². The normalized spacial score (nSPS) is 12.0. The third-order valence-corrected chi connectivity index (χ3v) is 4.13. The maximum absolute atomic E-state index is 12.2. The number of nitrogens with zero attached hydrogens (tertiary/aromatic N) is 2. The van der Waals surface area contributed by atoms with Crippen LogP contribution in [0.2, 0.25) is 0 Å². The van der Waals surface area contributed by atoms with Crippen LogP contribution in [0.3, 0.4) is 0 Å². The number of carbonyl (C=O) groups is 2. The Bertz CT molecular complexity index is 655. The van der Waals surface area contributed by atoms with Gasteiger partial charge in [-0.2, -0.15) is 0 Å². The van der Waals surface area contributed by atoms with Gasteiger partial charge in [-0.15, -0.1) is 11.3 Å². The zero-order valence-electron chi connectivity index (χ0n) is 12.2. The third kappa shape index (κ3) is 3.69. The maximum Gasteiger partial charge on any atom is 0.321 e.